The van der Waals surface area contributed by atoms with Crippen LogP contribution in [0.2, 0.25) is 0 Å². The summed E-state index contributed by atoms with van der Waals surface area (Å²) in [7, 11) is 0. The van der Waals surface area contributed by atoms with Crippen molar-refractivity contribution < 1.29 is 18.4 Å². The highest BCUT2D eigenvalue weighted by atomic mass is 32.1. The smallest absolute Gasteiger partial charge is 0.322 e. The molecule has 3 aromatic rings. The van der Waals surface area contributed by atoms with E-state index in [0.717, 1.165) is 10.4 Å². The first kappa shape index (κ1) is 24.8. The van der Waals surface area contributed by atoms with Gasteiger partial charge in [0.15, 0.2) is 0 Å². The normalized spacial score (nSPS) is 14.1. The highest BCUT2D eigenvalue weighted by Gasteiger charge is 2.23. The molecule has 0 atom stereocenters. The highest BCUT2D eigenvalue weighted by Crippen LogP contribution is 2.15. The molecule has 0 radical (unpaired) electrons. The molecule has 1 saturated heterocycles. The number of hydrogen-bond donors (Lipinski definition) is 1. The quantitative estimate of drug-likeness (QED) is 0.499. The molecule has 3 amide bonds. The van der Waals surface area contributed by atoms with Crippen LogP contribution in [0.4, 0.5) is 19.3 Å². The minimum absolute atomic E-state index is 0.0275. The Morgan fingerprint density at radius 1 is 0.943 bits per heavy atom. The molecule has 4 rings (SSSR count). The number of nitrogens with zero attached hydrogens (tertiary/aromatic N) is 3. The highest BCUT2D eigenvalue weighted by molar-refractivity contribution is 7.10. The summed E-state index contributed by atoms with van der Waals surface area (Å²) in [6.07, 6.45) is 0.336. The largest absolute Gasteiger partial charge is 0.337 e. The van der Waals surface area contributed by atoms with Gasteiger partial charge in [-0.05, 0) is 41.3 Å². The lowest BCUT2D eigenvalue weighted by Crippen LogP contribution is -2.51. The van der Waals surface area contributed by atoms with Crippen LogP contribution in [0.3, 0.4) is 0 Å². The molecule has 1 aliphatic rings. The Labute approximate surface area is 207 Å². The number of amides is 3. The topological polar surface area (TPSA) is 55.9 Å². The zero-order valence-corrected chi connectivity index (χ0v) is 20.1. The summed E-state index contributed by atoms with van der Waals surface area (Å²) < 4.78 is 27.1. The molecule has 9 heteroatoms. The number of anilines is 1. The number of piperazine rings is 1. The van der Waals surface area contributed by atoms with Crippen LogP contribution in [0.15, 0.2) is 66.0 Å². The van der Waals surface area contributed by atoms with Crippen LogP contribution in [-0.4, -0.2) is 65.9 Å². The monoisotopic (exact) mass is 498 g/mol. The Hall–Kier alpha value is -3.30. The molecule has 2 aromatic carbocycles. The number of urea groups is 1. The van der Waals surface area contributed by atoms with Crippen LogP contribution in [0.1, 0.15) is 10.4 Å². The van der Waals surface area contributed by atoms with Gasteiger partial charge in [-0.2, -0.15) is 0 Å². The minimum atomic E-state index is -0.465. The summed E-state index contributed by atoms with van der Waals surface area (Å²) in [6, 6.07) is 15.9. The molecule has 1 aromatic heterocycles. The van der Waals surface area contributed by atoms with Gasteiger partial charge in [-0.15, -0.1) is 11.3 Å². The van der Waals surface area contributed by atoms with Crippen molar-refractivity contribution in [3.63, 3.8) is 0 Å². The second-order valence-corrected chi connectivity index (χ2v) is 9.47. The van der Waals surface area contributed by atoms with Crippen LogP contribution in [0.25, 0.3) is 0 Å². The molecule has 0 bridgehead atoms. The van der Waals surface area contributed by atoms with Crippen LogP contribution in [0.5, 0.6) is 0 Å². The number of rotatable bonds is 8. The molecular weight excluding hydrogens is 470 g/mol. The molecule has 0 spiro atoms. The summed E-state index contributed by atoms with van der Waals surface area (Å²) >= 11 is 1.55. The van der Waals surface area contributed by atoms with E-state index in [2.05, 4.69) is 10.2 Å². The van der Waals surface area contributed by atoms with Crippen LogP contribution in [0, 0.1) is 11.6 Å². The third kappa shape index (κ3) is 7.10. The van der Waals surface area contributed by atoms with Crippen molar-refractivity contribution >= 4 is 29.0 Å². The van der Waals surface area contributed by atoms with E-state index in [1.165, 1.54) is 24.3 Å². The number of carbonyl (C=O) groups is 2. The van der Waals surface area contributed by atoms with E-state index in [1.54, 1.807) is 40.5 Å². The predicted molar refractivity (Wildman–Crippen MR) is 133 cm³/mol. The first-order valence-electron chi connectivity index (χ1n) is 11.6. The van der Waals surface area contributed by atoms with Crippen molar-refractivity contribution in [2.75, 3.05) is 44.6 Å². The Morgan fingerprint density at radius 2 is 1.69 bits per heavy atom. The molecule has 0 unspecified atom stereocenters. The van der Waals surface area contributed by atoms with Gasteiger partial charge in [0, 0.05) is 50.7 Å². The maximum absolute atomic E-state index is 13.8. The van der Waals surface area contributed by atoms with E-state index in [1.807, 2.05) is 22.4 Å². The Bertz CT molecular complexity index is 1120. The van der Waals surface area contributed by atoms with Gasteiger partial charge in [-0.1, -0.05) is 30.3 Å². The van der Waals surface area contributed by atoms with Gasteiger partial charge in [0.25, 0.3) is 0 Å². The maximum Gasteiger partial charge on any atom is 0.322 e. The van der Waals surface area contributed by atoms with Gasteiger partial charge in [0.2, 0.25) is 5.91 Å². The van der Waals surface area contributed by atoms with Crippen LogP contribution < -0.4 is 5.32 Å². The summed E-state index contributed by atoms with van der Waals surface area (Å²) in [5.74, 6) is -0.741. The van der Waals surface area contributed by atoms with E-state index in [0.29, 0.717) is 52.2 Å². The molecule has 1 aliphatic heterocycles. The Balaban J connectivity index is 1.30. The Morgan fingerprint density at radius 3 is 2.37 bits per heavy atom. The van der Waals surface area contributed by atoms with Gasteiger partial charge in [-0.25, -0.2) is 13.6 Å². The van der Waals surface area contributed by atoms with Crippen LogP contribution >= 0.6 is 11.3 Å². The summed E-state index contributed by atoms with van der Waals surface area (Å²) in [5.41, 5.74) is 1.04. The molecule has 0 aliphatic carbocycles. The standard InChI is InChI=1S/C26H28F2N4O2S/c27-21-9-7-20(8-10-21)19-32(25(33)18-22-4-3-17-35-22)16-13-30-11-14-31(15-12-30)26(34)29-24-6-2-1-5-23(24)28/h1-10,17H,11-16,18-19H2,(H,29,34). The predicted octanol–water partition coefficient (Wildman–Crippen LogP) is 4.45. The van der Waals surface area contributed by atoms with Crippen molar-refractivity contribution in [3.05, 3.63) is 88.1 Å². The van der Waals surface area contributed by atoms with E-state index >= 15 is 0 Å². The second kappa shape index (κ2) is 11.9. The molecule has 1 N–H and O–H groups in total. The fourth-order valence-electron chi connectivity index (χ4n) is 3.97. The van der Waals surface area contributed by atoms with E-state index in [4.69, 9.17) is 0 Å². The minimum Gasteiger partial charge on any atom is -0.337 e. The fraction of sp³-hybridized carbons (Fsp3) is 0.308. The summed E-state index contributed by atoms with van der Waals surface area (Å²) in [6.45, 7) is 3.96. The molecule has 2 heterocycles. The average molecular weight is 499 g/mol. The molecule has 35 heavy (non-hydrogen) atoms. The van der Waals surface area contributed by atoms with Crippen LogP contribution in [-0.2, 0) is 17.8 Å². The Kier molecular flexibility index (Phi) is 8.44. The fourth-order valence-corrected chi connectivity index (χ4v) is 4.67. The lowest BCUT2D eigenvalue weighted by atomic mass is 10.2. The maximum atomic E-state index is 13.8. The van der Waals surface area contributed by atoms with Gasteiger partial charge in [0.05, 0.1) is 12.1 Å². The van der Waals surface area contributed by atoms with E-state index in [-0.39, 0.29) is 23.4 Å². The zero-order valence-electron chi connectivity index (χ0n) is 19.3. The van der Waals surface area contributed by atoms with Gasteiger partial charge in [-0.3, -0.25) is 9.69 Å². The van der Waals surface area contributed by atoms with Crippen molar-refractivity contribution in [1.82, 2.24) is 14.7 Å². The first-order valence-corrected chi connectivity index (χ1v) is 12.4. The first-order chi connectivity index (χ1) is 17.0. The SMILES string of the molecule is O=C(Cc1cccs1)N(CCN1CCN(C(=O)Nc2ccccc2F)CC1)Cc1ccc(F)cc1. The average Bonchev–Trinajstić information content (AvgIpc) is 3.37. The van der Waals surface area contributed by atoms with Gasteiger partial charge in [0.1, 0.15) is 11.6 Å². The lowest BCUT2D eigenvalue weighted by molar-refractivity contribution is -0.131. The molecular formula is C26H28F2N4O2S. The molecule has 1 fully saturated rings. The molecule has 6 nitrogen and oxygen atoms in total. The number of benzene rings is 2. The van der Waals surface area contributed by atoms with E-state index < -0.39 is 5.82 Å². The van der Waals surface area contributed by atoms with Gasteiger partial charge >= 0.3 is 6.03 Å². The van der Waals surface area contributed by atoms with Crippen molar-refractivity contribution in [3.8, 4) is 0 Å². The number of halogens is 2. The molecule has 0 saturated carbocycles. The number of nitrogens with one attached hydrogen (secondary N) is 1. The zero-order chi connectivity index (χ0) is 24.6. The third-order valence-electron chi connectivity index (χ3n) is 6.01. The van der Waals surface area contributed by atoms with Crippen molar-refractivity contribution in [2.24, 2.45) is 0 Å². The number of carbonyl (C=O) groups excluding carboxylic acids is 2. The number of para-hydroxylation sites is 1. The van der Waals surface area contributed by atoms with Crippen molar-refractivity contribution in [1.29, 1.82) is 0 Å². The second-order valence-electron chi connectivity index (χ2n) is 8.44. The molecule has 184 valence electrons. The van der Waals surface area contributed by atoms with E-state index in [9.17, 15) is 18.4 Å². The number of thiophene rings is 1. The number of hydrogen-bond acceptors (Lipinski definition) is 4. The summed E-state index contributed by atoms with van der Waals surface area (Å²) in [4.78, 5) is 32.3. The van der Waals surface area contributed by atoms with Crippen molar-refractivity contribution in [2.45, 2.75) is 13.0 Å². The summed E-state index contributed by atoms with van der Waals surface area (Å²) in [5, 5.41) is 4.58. The third-order valence-corrected chi connectivity index (χ3v) is 6.88. The lowest BCUT2D eigenvalue weighted by Gasteiger charge is -2.36. The van der Waals surface area contributed by atoms with Gasteiger partial charge < -0.3 is 15.1 Å².